The van der Waals surface area contributed by atoms with E-state index >= 15 is 0 Å². The van der Waals surface area contributed by atoms with Crippen molar-refractivity contribution in [3.8, 4) is 0 Å². The molecule has 1 atom stereocenters. The molecule has 10 heteroatoms. The molecule has 2 heterocycles. The van der Waals surface area contributed by atoms with Crippen molar-refractivity contribution in [1.29, 1.82) is 0 Å². The molecular formula is C16H17BrN4O3S2. The smallest absolute Gasteiger partial charge is 0.257 e. The number of hydrogen-bond donors (Lipinski definition) is 2. The normalized spacial score (nSPS) is 16.4. The molecule has 0 aliphatic carbocycles. The van der Waals surface area contributed by atoms with Gasteiger partial charge in [-0.05, 0) is 31.0 Å². The number of nitrogens with zero attached hydrogens (tertiary/aromatic N) is 2. The highest BCUT2D eigenvalue weighted by Crippen LogP contribution is 2.25. The molecule has 2 N–H and O–H groups in total. The third-order valence-electron chi connectivity index (χ3n) is 3.59. The molecule has 1 aliphatic heterocycles. The van der Waals surface area contributed by atoms with Crippen LogP contribution in [0.2, 0.25) is 0 Å². The second kappa shape index (κ2) is 9.45. The molecule has 1 aromatic heterocycles. The first kappa shape index (κ1) is 19.3. The van der Waals surface area contributed by atoms with Gasteiger partial charge in [-0.25, -0.2) is 0 Å². The molecule has 7 nitrogen and oxygen atoms in total. The van der Waals surface area contributed by atoms with Crippen molar-refractivity contribution in [2.24, 2.45) is 0 Å². The van der Waals surface area contributed by atoms with E-state index in [1.807, 2.05) is 6.07 Å². The van der Waals surface area contributed by atoms with Crippen molar-refractivity contribution in [1.82, 2.24) is 15.5 Å². The molecule has 2 amide bonds. The van der Waals surface area contributed by atoms with Gasteiger partial charge in [-0.2, -0.15) is 0 Å². The Balaban J connectivity index is 1.44. The van der Waals surface area contributed by atoms with E-state index in [9.17, 15) is 9.59 Å². The standard InChI is InChI=1S/C16H17BrN4O3S2/c17-11-4-1-3-10(7-11)14(23)19-15-20-21-16(26-15)25-9-13(22)18-8-12-5-2-6-24-12/h1,3-4,7,12H,2,5-6,8-9H2,(H,18,22)(H,19,20,23)/t12-/m0/s1. The zero-order valence-electron chi connectivity index (χ0n) is 13.7. The highest BCUT2D eigenvalue weighted by atomic mass is 79.9. The number of hydrogen-bond acceptors (Lipinski definition) is 7. The Bertz CT molecular complexity index is 780. The summed E-state index contributed by atoms with van der Waals surface area (Å²) in [5.41, 5.74) is 0.525. The van der Waals surface area contributed by atoms with Crippen LogP contribution in [0.25, 0.3) is 0 Å². The van der Waals surface area contributed by atoms with Gasteiger partial charge < -0.3 is 10.1 Å². The number of nitrogens with one attached hydrogen (secondary N) is 2. The molecule has 3 rings (SSSR count). The summed E-state index contributed by atoms with van der Waals surface area (Å²) in [7, 11) is 0. The van der Waals surface area contributed by atoms with E-state index < -0.39 is 0 Å². The van der Waals surface area contributed by atoms with Gasteiger partial charge in [-0.3, -0.25) is 14.9 Å². The van der Waals surface area contributed by atoms with E-state index in [-0.39, 0.29) is 23.7 Å². The van der Waals surface area contributed by atoms with Crippen molar-refractivity contribution in [3.05, 3.63) is 34.3 Å². The Morgan fingerprint density at radius 3 is 3.04 bits per heavy atom. The van der Waals surface area contributed by atoms with Gasteiger partial charge in [0.15, 0.2) is 4.34 Å². The number of thioether (sulfide) groups is 1. The summed E-state index contributed by atoms with van der Waals surface area (Å²) in [6, 6.07) is 7.08. The minimum Gasteiger partial charge on any atom is -0.376 e. The first-order valence-electron chi connectivity index (χ1n) is 8.01. The quantitative estimate of drug-likeness (QED) is 0.491. The molecule has 0 spiro atoms. The van der Waals surface area contributed by atoms with E-state index in [0.717, 1.165) is 23.9 Å². The van der Waals surface area contributed by atoms with Crippen molar-refractivity contribution in [2.45, 2.75) is 23.3 Å². The summed E-state index contributed by atoms with van der Waals surface area (Å²) in [6.45, 7) is 1.32. The highest BCUT2D eigenvalue weighted by molar-refractivity contribution is 9.10. The van der Waals surface area contributed by atoms with Crippen molar-refractivity contribution >= 4 is 56.0 Å². The molecule has 1 saturated heterocycles. The van der Waals surface area contributed by atoms with E-state index in [4.69, 9.17) is 4.74 Å². The van der Waals surface area contributed by atoms with E-state index in [1.165, 1.54) is 23.1 Å². The minimum atomic E-state index is -0.256. The largest absolute Gasteiger partial charge is 0.376 e. The molecule has 1 aliphatic rings. The maximum atomic E-state index is 12.2. The molecule has 26 heavy (non-hydrogen) atoms. The number of ether oxygens (including phenoxy) is 1. The van der Waals surface area contributed by atoms with Crippen LogP contribution in [-0.2, 0) is 9.53 Å². The third-order valence-corrected chi connectivity index (χ3v) is 6.06. The topological polar surface area (TPSA) is 93.2 Å². The zero-order chi connectivity index (χ0) is 18.4. The van der Waals surface area contributed by atoms with Crippen LogP contribution in [-0.4, -0.2) is 47.0 Å². The number of carbonyl (C=O) groups excluding carboxylic acids is 2. The lowest BCUT2D eigenvalue weighted by atomic mass is 10.2. The summed E-state index contributed by atoms with van der Waals surface area (Å²) in [4.78, 5) is 24.0. The van der Waals surface area contributed by atoms with Gasteiger partial charge in [-0.15, -0.1) is 10.2 Å². The van der Waals surface area contributed by atoms with Gasteiger partial charge in [-0.1, -0.05) is 45.1 Å². The minimum absolute atomic E-state index is 0.0691. The second-order valence-corrected chi connectivity index (χ2v) is 8.68. The van der Waals surface area contributed by atoms with Crippen molar-refractivity contribution in [2.75, 3.05) is 24.2 Å². The number of halogens is 1. The Morgan fingerprint density at radius 2 is 2.27 bits per heavy atom. The Morgan fingerprint density at radius 1 is 1.38 bits per heavy atom. The summed E-state index contributed by atoms with van der Waals surface area (Å²) < 4.78 is 6.92. The SMILES string of the molecule is O=C(CSc1nnc(NC(=O)c2cccc(Br)c2)s1)NC[C@@H]1CCCO1. The first-order chi connectivity index (χ1) is 12.6. The number of amides is 2. The Labute approximate surface area is 167 Å². The van der Waals surface area contributed by atoms with Crippen LogP contribution in [0.15, 0.2) is 33.1 Å². The van der Waals surface area contributed by atoms with Crippen molar-refractivity contribution < 1.29 is 14.3 Å². The third kappa shape index (κ3) is 5.76. The molecule has 0 radical (unpaired) electrons. The van der Waals surface area contributed by atoms with Gasteiger partial charge in [0.25, 0.3) is 5.91 Å². The van der Waals surface area contributed by atoms with Crippen LogP contribution in [0.3, 0.4) is 0 Å². The lowest BCUT2D eigenvalue weighted by Gasteiger charge is -2.09. The lowest BCUT2D eigenvalue weighted by Crippen LogP contribution is -2.32. The maximum absolute atomic E-state index is 12.2. The molecule has 0 bridgehead atoms. The van der Waals surface area contributed by atoms with Crippen LogP contribution >= 0.6 is 39.0 Å². The van der Waals surface area contributed by atoms with Crippen LogP contribution in [0.1, 0.15) is 23.2 Å². The molecule has 2 aromatic rings. The lowest BCUT2D eigenvalue weighted by molar-refractivity contribution is -0.119. The molecular weight excluding hydrogens is 440 g/mol. The summed E-state index contributed by atoms with van der Waals surface area (Å²) >= 11 is 5.86. The molecule has 138 valence electrons. The number of rotatable bonds is 7. The summed E-state index contributed by atoms with van der Waals surface area (Å²) in [5, 5.41) is 13.9. The van der Waals surface area contributed by atoms with Gasteiger partial charge in [0.05, 0.1) is 11.9 Å². The summed E-state index contributed by atoms with van der Waals surface area (Å²) in [5.74, 6) is -0.0743. The summed E-state index contributed by atoms with van der Waals surface area (Å²) in [6.07, 6.45) is 2.17. The van der Waals surface area contributed by atoms with Crippen molar-refractivity contribution in [3.63, 3.8) is 0 Å². The predicted molar refractivity (Wildman–Crippen MR) is 105 cm³/mol. The van der Waals surface area contributed by atoms with Gasteiger partial charge >= 0.3 is 0 Å². The Hall–Kier alpha value is -1.49. The van der Waals surface area contributed by atoms with E-state index in [1.54, 1.807) is 18.2 Å². The zero-order valence-corrected chi connectivity index (χ0v) is 17.0. The fraction of sp³-hybridized carbons (Fsp3) is 0.375. The maximum Gasteiger partial charge on any atom is 0.257 e. The molecule has 0 unspecified atom stereocenters. The highest BCUT2D eigenvalue weighted by Gasteiger charge is 2.17. The van der Waals surface area contributed by atoms with Gasteiger partial charge in [0.1, 0.15) is 0 Å². The number of anilines is 1. The molecule has 0 saturated carbocycles. The number of benzene rings is 1. The van der Waals surface area contributed by atoms with Crippen LogP contribution in [0.4, 0.5) is 5.13 Å². The fourth-order valence-corrected chi connectivity index (χ4v) is 4.31. The van der Waals surface area contributed by atoms with E-state index in [0.29, 0.717) is 21.6 Å². The number of carbonyl (C=O) groups is 2. The first-order valence-corrected chi connectivity index (χ1v) is 10.6. The van der Waals surface area contributed by atoms with E-state index in [2.05, 4.69) is 36.8 Å². The van der Waals surface area contributed by atoms with Gasteiger partial charge in [0.2, 0.25) is 11.0 Å². The predicted octanol–water partition coefficient (Wildman–Crippen LogP) is 2.94. The van der Waals surface area contributed by atoms with Crippen LogP contribution in [0.5, 0.6) is 0 Å². The number of aromatic nitrogens is 2. The second-order valence-electron chi connectivity index (χ2n) is 5.57. The molecule has 1 fully saturated rings. The van der Waals surface area contributed by atoms with Crippen LogP contribution in [0, 0.1) is 0 Å². The Kier molecular flexibility index (Phi) is 7.00. The molecule has 1 aromatic carbocycles. The fourth-order valence-electron chi connectivity index (χ4n) is 2.33. The van der Waals surface area contributed by atoms with Crippen LogP contribution < -0.4 is 10.6 Å². The monoisotopic (exact) mass is 456 g/mol. The van der Waals surface area contributed by atoms with Gasteiger partial charge in [0, 0.05) is 23.2 Å². The average Bonchev–Trinajstić information content (AvgIpc) is 3.30. The average molecular weight is 457 g/mol.